The van der Waals surface area contributed by atoms with Crippen molar-refractivity contribution in [2.24, 2.45) is 25.9 Å². The second kappa shape index (κ2) is 15.5. The first-order valence-corrected chi connectivity index (χ1v) is 21.5. The van der Waals surface area contributed by atoms with Crippen molar-refractivity contribution in [3.63, 3.8) is 0 Å². The number of amides is 2. The molecule has 62 heavy (non-hydrogen) atoms. The fourth-order valence-corrected chi connectivity index (χ4v) is 9.84. The molecule has 16 nitrogen and oxygen atoms in total. The van der Waals surface area contributed by atoms with E-state index in [2.05, 4.69) is 47.8 Å². The van der Waals surface area contributed by atoms with E-state index < -0.39 is 30.0 Å². The van der Waals surface area contributed by atoms with Crippen LogP contribution in [0, 0.1) is 23.2 Å². The molecule has 0 bridgehead atoms. The van der Waals surface area contributed by atoms with Gasteiger partial charge in [0.05, 0.1) is 46.3 Å². The molecule has 3 saturated heterocycles. The van der Waals surface area contributed by atoms with Crippen LogP contribution in [0.1, 0.15) is 55.7 Å². The first kappa shape index (κ1) is 39.8. The van der Waals surface area contributed by atoms with E-state index in [-0.39, 0.29) is 35.1 Å². The first-order chi connectivity index (χ1) is 29.9. The minimum absolute atomic E-state index is 0.122. The van der Waals surface area contributed by atoms with E-state index in [0.717, 1.165) is 67.8 Å². The fraction of sp³-hybridized carbons (Fsp3) is 0.477. The number of alkyl halides is 2. The lowest BCUT2D eigenvalue weighted by atomic mass is 9.92. The van der Waals surface area contributed by atoms with Crippen LogP contribution in [0.3, 0.4) is 0 Å². The summed E-state index contributed by atoms with van der Waals surface area (Å²) < 4.78 is 39.1. The van der Waals surface area contributed by atoms with Gasteiger partial charge in [-0.15, -0.1) is 0 Å². The molecular formula is C44H48F2N12O4. The van der Waals surface area contributed by atoms with Gasteiger partial charge in [0.15, 0.2) is 12.4 Å². The Hall–Kier alpha value is -6.35. The number of nitriles is 1. The van der Waals surface area contributed by atoms with Gasteiger partial charge in [0.1, 0.15) is 11.6 Å². The van der Waals surface area contributed by atoms with Crippen LogP contribution in [-0.2, 0) is 23.7 Å². The summed E-state index contributed by atoms with van der Waals surface area (Å²) in [7, 11) is 3.51. The number of imide groups is 1. The minimum Gasteiger partial charge on any atom is -0.480 e. The molecule has 7 heterocycles. The van der Waals surface area contributed by atoms with Gasteiger partial charge < -0.3 is 29.7 Å². The van der Waals surface area contributed by atoms with Crippen molar-refractivity contribution in [1.82, 2.24) is 34.5 Å². The number of rotatable bonds is 8. The van der Waals surface area contributed by atoms with Crippen molar-refractivity contribution in [2.45, 2.75) is 56.4 Å². The number of benzene rings is 2. The summed E-state index contributed by atoms with van der Waals surface area (Å²) in [5.41, 5.74) is 4.12. The Bertz CT molecular complexity index is 2710. The molecule has 1 saturated carbocycles. The molecule has 322 valence electrons. The van der Waals surface area contributed by atoms with Crippen LogP contribution in [0.25, 0.3) is 21.8 Å². The number of para-hydroxylation sites is 1. The normalized spacial score (nSPS) is 22.1. The van der Waals surface area contributed by atoms with Crippen molar-refractivity contribution in [1.29, 1.82) is 5.26 Å². The Labute approximate surface area is 355 Å². The predicted octanol–water partition coefficient (Wildman–Crippen LogP) is 4.61. The number of fused-ring (bicyclic) bond motifs is 4. The van der Waals surface area contributed by atoms with E-state index in [1.807, 2.05) is 23.9 Å². The fourth-order valence-electron chi connectivity index (χ4n) is 9.84. The van der Waals surface area contributed by atoms with E-state index in [9.17, 15) is 19.6 Å². The monoisotopic (exact) mass is 846 g/mol. The van der Waals surface area contributed by atoms with Crippen LogP contribution in [0.5, 0.6) is 5.75 Å². The standard InChI is InChI=1S/C44H48F2N12O4/c1-54-32-10-8-28(20-31(32)36-38(42(54)61)62-24-44(45,46)39(51-36)26-6-7-26)49-43-48-22-27(21-47)40(52-43)58-18-16-56(17-19-58)23-25-12-14-57(15-13-25)33-5-3-4-29-35(53-55(2)37(29)33)30-9-11-34(59)50-41(30)60/h3-5,8,10,20,22,25-26,30,39,51H,6-7,9,11-19,23-24H2,1-2H3,(H,48,49,52)(H,50,59,60)/t30?,39-/m0/s1. The predicted molar refractivity (Wildman–Crippen MR) is 229 cm³/mol. The number of anilines is 5. The number of pyridine rings is 1. The van der Waals surface area contributed by atoms with Gasteiger partial charge >= 0.3 is 5.92 Å². The molecule has 3 aromatic heterocycles. The van der Waals surface area contributed by atoms with Crippen LogP contribution in [0.4, 0.5) is 37.6 Å². The molecule has 2 aromatic carbocycles. The number of ether oxygens (including phenoxy) is 1. The van der Waals surface area contributed by atoms with E-state index in [4.69, 9.17) is 14.8 Å². The van der Waals surface area contributed by atoms with E-state index in [0.29, 0.717) is 72.7 Å². The Morgan fingerprint density at radius 3 is 2.50 bits per heavy atom. The molecule has 1 unspecified atom stereocenters. The second-order valence-corrected chi connectivity index (χ2v) is 17.4. The third-order valence-corrected chi connectivity index (χ3v) is 13.3. The molecular weight excluding hydrogens is 799 g/mol. The number of piperidine rings is 2. The summed E-state index contributed by atoms with van der Waals surface area (Å²) in [6.07, 6.45) is 5.75. The summed E-state index contributed by atoms with van der Waals surface area (Å²) in [6.45, 7) is 4.95. The number of carbonyl (C=O) groups excluding carboxylic acids is 2. The zero-order chi connectivity index (χ0) is 42.9. The van der Waals surface area contributed by atoms with Gasteiger partial charge in [0, 0.05) is 82.8 Å². The average molecular weight is 847 g/mol. The van der Waals surface area contributed by atoms with Gasteiger partial charge in [0.2, 0.25) is 23.5 Å². The van der Waals surface area contributed by atoms with Crippen molar-refractivity contribution < 1.29 is 23.1 Å². The molecule has 5 aliphatic rings. The number of carbonyl (C=O) groups is 2. The summed E-state index contributed by atoms with van der Waals surface area (Å²) >= 11 is 0. The topological polar surface area (TPSA) is 179 Å². The zero-order valence-electron chi connectivity index (χ0n) is 34.7. The summed E-state index contributed by atoms with van der Waals surface area (Å²) in [5, 5.41) is 25.1. The lowest BCUT2D eigenvalue weighted by molar-refractivity contribution is -0.134. The number of aryl methyl sites for hydroxylation is 2. The second-order valence-electron chi connectivity index (χ2n) is 17.4. The van der Waals surface area contributed by atoms with Crippen LogP contribution in [-0.4, -0.2) is 105 Å². The highest BCUT2D eigenvalue weighted by Crippen LogP contribution is 2.46. The van der Waals surface area contributed by atoms with Crippen LogP contribution >= 0.6 is 0 Å². The Balaban J connectivity index is 0.789. The summed E-state index contributed by atoms with van der Waals surface area (Å²) in [5.74, 6) is -3.06. The molecule has 2 atom stereocenters. The average Bonchev–Trinajstić information content (AvgIpc) is 4.07. The molecule has 18 heteroatoms. The number of hydrogen-bond donors (Lipinski definition) is 3. The van der Waals surface area contributed by atoms with Gasteiger partial charge in [-0.1, -0.05) is 12.1 Å². The lowest BCUT2D eigenvalue weighted by Gasteiger charge is -2.40. The van der Waals surface area contributed by atoms with Gasteiger partial charge in [-0.2, -0.15) is 15.3 Å². The maximum absolute atomic E-state index is 15.2. The molecule has 3 N–H and O–H groups in total. The van der Waals surface area contributed by atoms with Crippen LogP contribution in [0.2, 0.25) is 0 Å². The SMILES string of the molecule is Cn1nc(C2CCC(=O)NC2=O)c2cccc(N3CCC(CN4CCN(c5nc(Nc6ccc7c(c6)c6c(c(=O)n7C)OCC(F)(F)[C@H](C7CC7)N6)ncc5C#N)CC4)CC3)c21. The maximum atomic E-state index is 15.2. The lowest BCUT2D eigenvalue weighted by Crippen LogP contribution is -2.49. The van der Waals surface area contributed by atoms with Gasteiger partial charge in [-0.05, 0) is 68.2 Å². The van der Waals surface area contributed by atoms with E-state index >= 15 is 8.78 Å². The van der Waals surface area contributed by atoms with Crippen molar-refractivity contribution >= 4 is 62.4 Å². The van der Waals surface area contributed by atoms with Crippen LogP contribution in [0.15, 0.2) is 47.4 Å². The molecule has 0 radical (unpaired) electrons. The maximum Gasteiger partial charge on any atom is 0.301 e. The highest BCUT2D eigenvalue weighted by molar-refractivity contribution is 6.04. The molecule has 2 amide bonds. The summed E-state index contributed by atoms with van der Waals surface area (Å²) in [4.78, 5) is 54.0. The highest BCUT2D eigenvalue weighted by Gasteiger charge is 2.51. The molecule has 1 aliphatic carbocycles. The van der Waals surface area contributed by atoms with E-state index in [1.165, 1.54) is 10.8 Å². The zero-order valence-corrected chi connectivity index (χ0v) is 34.7. The number of nitrogens with zero attached hydrogens (tertiary/aromatic N) is 9. The van der Waals surface area contributed by atoms with Crippen molar-refractivity contribution in [2.75, 3.05) is 72.9 Å². The minimum atomic E-state index is -3.14. The first-order valence-electron chi connectivity index (χ1n) is 21.5. The van der Waals surface area contributed by atoms with Crippen molar-refractivity contribution in [3.8, 4) is 11.8 Å². The summed E-state index contributed by atoms with van der Waals surface area (Å²) in [6, 6.07) is 12.6. The number of halogens is 2. The number of hydrogen-bond acceptors (Lipinski definition) is 13. The number of nitrogens with one attached hydrogen (secondary N) is 3. The molecule has 0 spiro atoms. The highest BCUT2D eigenvalue weighted by atomic mass is 19.3. The van der Waals surface area contributed by atoms with Crippen molar-refractivity contribution in [3.05, 3.63) is 64.2 Å². The third-order valence-electron chi connectivity index (χ3n) is 13.3. The quantitative estimate of drug-likeness (QED) is 0.185. The Morgan fingerprint density at radius 2 is 1.76 bits per heavy atom. The molecule has 4 aliphatic heterocycles. The third kappa shape index (κ3) is 7.21. The smallest absolute Gasteiger partial charge is 0.301 e. The Kier molecular flexibility index (Phi) is 9.96. The Morgan fingerprint density at radius 1 is 0.968 bits per heavy atom. The molecule has 10 rings (SSSR count). The van der Waals surface area contributed by atoms with Gasteiger partial charge in [-0.3, -0.25) is 29.3 Å². The largest absolute Gasteiger partial charge is 0.480 e. The van der Waals surface area contributed by atoms with Crippen LogP contribution < -0.4 is 36.0 Å². The molecule has 4 fully saturated rings. The van der Waals surface area contributed by atoms with Gasteiger partial charge in [0.25, 0.3) is 5.56 Å². The van der Waals surface area contributed by atoms with E-state index in [1.54, 1.807) is 25.2 Å². The van der Waals surface area contributed by atoms with Gasteiger partial charge in [-0.25, -0.2) is 13.8 Å². The molecule has 5 aromatic rings. The number of aromatic nitrogens is 5. The number of piperazine rings is 1.